The number of nitrogens with zero attached hydrogens (tertiary/aromatic N) is 3. The second-order valence-electron chi connectivity index (χ2n) is 4.87. The van der Waals surface area contributed by atoms with Crippen molar-refractivity contribution in [2.24, 2.45) is 0 Å². The van der Waals surface area contributed by atoms with Gasteiger partial charge in [-0.25, -0.2) is 0 Å². The molecular weight excluding hydrogens is 224 g/mol. The zero-order chi connectivity index (χ0) is 12.4. The Balaban J connectivity index is 1.88. The number of benzene rings is 1. The quantitative estimate of drug-likeness (QED) is 0.891. The molecule has 4 nitrogen and oxygen atoms in total. The molecule has 1 aliphatic heterocycles. The van der Waals surface area contributed by atoms with Crippen molar-refractivity contribution < 1.29 is 0 Å². The van der Waals surface area contributed by atoms with Gasteiger partial charge in [-0.3, -0.25) is 0 Å². The smallest absolute Gasteiger partial charge is 0.137 e. The Kier molecular flexibility index (Phi) is 3.11. The molecule has 0 saturated carbocycles. The monoisotopic (exact) mass is 242 g/mol. The van der Waals surface area contributed by atoms with Crippen LogP contribution in [0.3, 0.4) is 0 Å². The van der Waals surface area contributed by atoms with E-state index >= 15 is 0 Å². The second-order valence-corrected chi connectivity index (χ2v) is 4.87. The Hall–Kier alpha value is -1.68. The molecule has 3 rings (SSSR count). The topological polar surface area (TPSA) is 42.7 Å². The molecule has 1 N–H and O–H groups in total. The highest BCUT2D eigenvalue weighted by atomic mass is 15.3. The van der Waals surface area contributed by atoms with Crippen molar-refractivity contribution in [3.05, 3.63) is 47.5 Å². The Morgan fingerprint density at radius 3 is 2.83 bits per heavy atom. The van der Waals surface area contributed by atoms with E-state index in [0.717, 1.165) is 37.7 Å². The van der Waals surface area contributed by atoms with Gasteiger partial charge in [0.1, 0.15) is 11.6 Å². The van der Waals surface area contributed by atoms with Crippen LogP contribution in [0.15, 0.2) is 30.3 Å². The highest BCUT2D eigenvalue weighted by Crippen LogP contribution is 2.22. The van der Waals surface area contributed by atoms with Crippen molar-refractivity contribution >= 4 is 0 Å². The van der Waals surface area contributed by atoms with Gasteiger partial charge in [0.05, 0.1) is 6.54 Å². The molecule has 1 atom stereocenters. The van der Waals surface area contributed by atoms with Crippen LogP contribution < -0.4 is 5.32 Å². The van der Waals surface area contributed by atoms with Gasteiger partial charge < -0.3 is 9.88 Å². The van der Waals surface area contributed by atoms with Crippen LogP contribution in [0.1, 0.15) is 29.6 Å². The second kappa shape index (κ2) is 4.90. The Morgan fingerprint density at radius 2 is 2.11 bits per heavy atom. The van der Waals surface area contributed by atoms with E-state index in [1.54, 1.807) is 0 Å². The standard InChI is InChI=1S/C14H18N4/c1-11-16-17-14(13-7-8-15-9-13)18(11)10-12-5-3-2-4-6-12/h2-6,13,15H,7-10H2,1H3. The van der Waals surface area contributed by atoms with Gasteiger partial charge >= 0.3 is 0 Å². The van der Waals surface area contributed by atoms with Crippen LogP contribution >= 0.6 is 0 Å². The molecule has 1 aromatic heterocycles. The SMILES string of the molecule is Cc1nnc(C2CCNC2)n1Cc1ccccc1. The lowest BCUT2D eigenvalue weighted by atomic mass is 10.1. The molecule has 0 radical (unpaired) electrons. The summed E-state index contributed by atoms with van der Waals surface area (Å²) in [6.45, 7) is 5.00. The molecule has 1 fully saturated rings. The maximum atomic E-state index is 4.37. The summed E-state index contributed by atoms with van der Waals surface area (Å²) in [4.78, 5) is 0. The summed E-state index contributed by atoms with van der Waals surface area (Å²) in [5, 5.41) is 12.0. The van der Waals surface area contributed by atoms with Crippen molar-refractivity contribution in [1.29, 1.82) is 0 Å². The van der Waals surface area contributed by atoms with Crippen LogP contribution in [-0.2, 0) is 6.54 Å². The van der Waals surface area contributed by atoms with Crippen molar-refractivity contribution in [2.45, 2.75) is 25.8 Å². The summed E-state index contributed by atoms with van der Waals surface area (Å²) >= 11 is 0. The maximum Gasteiger partial charge on any atom is 0.137 e. The van der Waals surface area contributed by atoms with Gasteiger partial charge in [-0.15, -0.1) is 10.2 Å². The van der Waals surface area contributed by atoms with Gasteiger partial charge in [0.15, 0.2) is 0 Å². The average molecular weight is 242 g/mol. The Labute approximate surface area is 107 Å². The van der Waals surface area contributed by atoms with Crippen LogP contribution in [0, 0.1) is 6.92 Å². The van der Waals surface area contributed by atoms with Gasteiger partial charge in [0, 0.05) is 12.5 Å². The number of aromatic nitrogens is 3. The van der Waals surface area contributed by atoms with Gasteiger partial charge in [0.25, 0.3) is 0 Å². The Morgan fingerprint density at radius 1 is 1.28 bits per heavy atom. The molecule has 1 saturated heterocycles. The first kappa shape index (κ1) is 11.4. The summed E-state index contributed by atoms with van der Waals surface area (Å²) in [7, 11) is 0. The van der Waals surface area contributed by atoms with Crippen LogP contribution in [0.5, 0.6) is 0 Å². The molecule has 0 bridgehead atoms. The molecule has 1 aliphatic rings. The summed E-state index contributed by atoms with van der Waals surface area (Å²) in [6.07, 6.45) is 1.16. The summed E-state index contributed by atoms with van der Waals surface area (Å²) in [5.41, 5.74) is 1.30. The fourth-order valence-electron chi connectivity index (χ4n) is 2.54. The van der Waals surface area contributed by atoms with Gasteiger partial charge in [-0.2, -0.15) is 0 Å². The zero-order valence-electron chi connectivity index (χ0n) is 10.6. The maximum absolute atomic E-state index is 4.37. The normalized spacial score (nSPS) is 19.3. The van der Waals surface area contributed by atoms with E-state index in [4.69, 9.17) is 0 Å². The van der Waals surface area contributed by atoms with Crippen molar-refractivity contribution in [3.8, 4) is 0 Å². The summed E-state index contributed by atoms with van der Waals surface area (Å²) in [6, 6.07) is 10.5. The number of hydrogen-bond acceptors (Lipinski definition) is 3. The lowest BCUT2D eigenvalue weighted by molar-refractivity contribution is 0.624. The van der Waals surface area contributed by atoms with Gasteiger partial charge in [-0.05, 0) is 25.5 Å². The molecule has 1 unspecified atom stereocenters. The first-order valence-electron chi connectivity index (χ1n) is 6.49. The largest absolute Gasteiger partial charge is 0.316 e. The molecule has 1 aromatic carbocycles. The van der Waals surface area contributed by atoms with E-state index < -0.39 is 0 Å². The Bertz CT molecular complexity index is 512. The summed E-state index contributed by atoms with van der Waals surface area (Å²) in [5.74, 6) is 2.64. The predicted molar refractivity (Wildman–Crippen MR) is 70.5 cm³/mol. The van der Waals surface area contributed by atoms with Crippen molar-refractivity contribution in [3.63, 3.8) is 0 Å². The number of nitrogens with one attached hydrogen (secondary N) is 1. The third-order valence-corrected chi connectivity index (χ3v) is 3.57. The molecule has 4 heteroatoms. The van der Waals surface area contributed by atoms with Gasteiger partial charge in [-0.1, -0.05) is 30.3 Å². The third-order valence-electron chi connectivity index (χ3n) is 3.57. The minimum absolute atomic E-state index is 0.509. The van der Waals surface area contributed by atoms with Crippen LogP contribution in [0.25, 0.3) is 0 Å². The molecule has 2 heterocycles. The van der Waals surface area contributed by atoms with Gasteiger partial charge in [0.2, 0.25) is 0 Å². The first-order chi connectivity index (χ1) is 8.84. The molecule has 18 heavy (non-hydrogen) atoms. The summed E-state index contributed by atoms with van der Waals surface area (Å²) < 4.78 is 2.24. The molecule has 2 aromatic rings. The highest BCUT2D eigenvalue weighted by molar-refractivity contribution is 5.17. The van der Waals surface area contributed by atoms with Crippen molar-refractivity contribution in [2.75, 3.05) is 13.1 Å². The first-order valence-corrected chi connectivity index (χ1v) is 6.49. The van der Waals surface area contributed by atoms with Crippen LogP contribution in [-0.4, -0.2) is 27.9 Å². The van der Waals surface area contributed by atoms with E-state index in [1.807, 2.05) is 13.0 Å². The molecule has 0 aliphatic carbocycles. The molecule has 94 valence electrons. The lowest BCUT2D eigenvalue weighted by Gasteiger charge is -2.12. The van der Waals surface area contributed by atoms with Crippen molar-refractivity contribution in [1.82, 2.24) is 20.1 Å². The zero-order valence-corrected chi connectivity index (χ0v) is 10.6. The average Bonchev–Trinajstić information content (AvgIpc) is 3.02. The van der Waals surface area contributed by atoms with E-state index in [1.165, 1.54) is 5.56 Å². The van der Waals surface area contributed by atoms with E-state index in [2.05, 4.69) is 44.3 Å². The predicted octanol–water partition coefficient (Wildman–Crippen LogP) is 1.71. The van der Waals surface area contributed by atoms with E-state index in [0.29, 0.717) is 5.92 Å². The number of rotatable bonds is 3. The molecule has 0 amide bonds. The highest BCUT2D eigenvalue weighted by Gasteiger charge is 2.23. The number of aryl methyl sites for hydroxylation is 1. The van der Waals surface area contributed by atoms with E-state index in [9.17, 15) is 0 Å². The third kappa shape index (κ3) is 2.16. The fraction of sp³-hybridized carbons (Fsp3) is 0.429. The lowest BCUT2D eigenvalue weighted by Crippen LogP contribution is -2.14. The minimum Gasteiger partial charge on any atom is -0.316 e. The molecule has 0 spiro atoms. The van der Waals surface area contributed by atoms with Crippen LogP contribution in [0.2, 0.25) is 0 Å². The number of hydrogen-bond donors (Lipinski definition) is 1. The van der Waals surface area contributed by atoms with Crippen LogP contribution in [0.4, 0.5) is 0 Å². The molecular formula is C14H18N4. The fourth-order valence-corrected chi connectivity index (χ4v) is 2.54. The minimum atomic E-state index is 0.509. The van der Waals surface area contributed by atoms with E-state index in [-0.39, 0.29) is 0 Å².